The van der Waals surface area contributed by atoms with Gasteiger partial charge in [-0.1, -0.05) is 90.5 Å². The van der Waals surface area contributed by atoms with Crippen molar-refractivity contribution in [3.63, 3.8) is 0 Å². The zero-order valence-corrected chi connectivity index (χ0v) is 24.7. The third kappa shape index (κ3) is 6.22. The fourth-order valence-corrected chi connectivity index (χ4v) is 6.15. The minimum atomic E-state index is -3.68. The molecule has 0 fully saturated rings. The molecule has 5 heteroatoms. The van der Waals surface area contributed by atoms with E-state index in [2.05, 4.69) is 55.5 Å². The Morgan fingerprint density at radius 3 is 1.07 bits per heavy atom. The topological polar surface area (TPSA) is 52.6 Å². The van der Waals surface area contributed by atoms with Crippen molar-refractivity contribution in [2.75, 3.05) is 7.11 Å². The number of ether oxygens (including phenoxy) is 2. The number of benzene rings is 6. The van der Waals surface area contributed by atoms with E-state index in [4.69, 9.17) is 9.47 Å². The zero-order chi connectivity index (χ0) is 29.8. The lowest BCUT2D eigenvalue weighted by atomic mass is 10.00. The Labute approximate surface area is 252 Å². The summed E-state index contributed by atoms with van der Waals surface area (Å²) in [5.74, 6) is 2.03. The molecule has 0 amide bonds. The Morgan fingerprint density at radius 2 is 0.674 bits per heavy atom. The largest absolute Gasteiger partial charge is 0.497 e. The van der Waals surface area contributed by atoms with Crippen molar-refractivity contribution < 1.29 is 17.9 Å². The standard InChI is InChI=1S/C38H30O4S/c1-27-3-5-28(6-4-27)29-7-9-30(10-8-29)33-15-23-37(24-16-33)43(39,40)38-25-21-36(22-26-38)42-35-19-13-32(14-20-35)31-11-17-34(41-2)18-12-31/h3-26H,1-2H3. The lowest BCUT2D eigenvalue weighted by Crippen LogP contribution is -2.01. The Kier molecular flexibility index (Phi) is 7.82. The summed E-state index contributed by atoms with van der Waals surface area (Å²) in [6.45, 7) is 2.08. The summed E-state index contributed by atoms with van der Waals surface area (Å²) >= 11 is 0. The van der Waals surface area contributed by atoms with E-state index in [1.54, 1.807) is 43.5 Å². The first kappa shape index (κ1) is 28.0. The molecule has 6 rings (SSSR count). The second-order valence-corrected chi connectivity index (χ2v) is 12.2. The van der Waals surface area contributed by atoms with Crippen LogP contribution in [-0.4, -0.2) is 15.5 Å². The number of aryl methyl sites for hydroxylation is 1. The molecule has 0 bridgehead atoms. The molecular formula is C38H30O4S. The predicted octanol–water partition coefficient (Wildman–Crippen LogP) is 9.63. The molecule has 0 saturated carbocycles. The third-order valence-corrected chi connectivity index (χ3v) is 9.20. The summed E-state index contributed by atoms with van der Waals surface area (Å²) in [6, 6.07) is 45.9. The minimum Gasteiger partial charge on any atom is -0.497 e. The van der Waals surface area contributed by atoms with Gasteiger partial charge in [-0.3, -0.25) is 0 Å². The van der Waals surface area contributed by atoms with Crippen molar-refractivity contribution in [1.82, 2.24) is 0 Å². The van der Waals surface area contributed by atoms with Gasteiger partial charge in [0.25, 0.3) is 0 Å². The van der Waals surface area contributed by atoms with E-state index in [-0.39, 0.29) is 9.79 Å². The zero-order valence-electron chi connectivity index (χ0n) is 23.9. The van der Waals surface area contributed by atoms with Crippen LogP contribution in [0.3, 0.4) is 0 Å². The van der Waals surface area contributed by atoms with Crippen LogP contribution in [0.15, 0.2) is 155 Å². The molecule has 0 aliphatic rings. The lowest BCUT2D eigenvalue weighted by molar-refractivity contribution is 0.415. The molecule has 0 unspecified atom stereocenters. The van der Waals surface area contributed by atoms with Gasteiger partial charge in [-0.15, -0.1) is 0 Å². The van der Waals surface area contributed by atoms with Crippen LogP contribution in [0.5, 0.6) is 17.2 Å². The molecule has 212 valence electrons. The molecule has 0 radical (unpaired) electrons. The van der Waals surface area contributed by atoms with Gasteiger partial charge in [-0.05, 0) is 101 Å². The van der Waals surface area contributed by atoms with E-state index < -0.39 is 9.84 Å². The van der Waals surface area contributed by atoms with Crippen molar-refractivity contribution >= 4 is 9.84 Å². The Balaban J connectivity index is 1.12. The van der Waals surface area contributed by atoms with E-state index in [0.717, 1.165) is 39.1 Å². The van der Waals surface area contributed by atoms with E-state index in [0.29, 0.717) is 11.5 Å². The van der Waals surface area contributed by atoms with Gasteiger partial charge in [0.05, 0.1) is 16.9 Å². The van der Waals surface area contributed by atoms with Crippen LogP contribution >= 0.6 is 0 Å². The fourth-order valence-electron chi connectivity index (χ4n) is 4.89. The van der Waals surface area contributed by atoms with Gasteiger partial charge >= 0.3 is 0 Å². The average molecular weight is 583 g/mol. The summed E-state index contributed by atoms with van der Waals surface area (Å²) < 4.78 is 37.9. The Morgan fingerprint density at radius 1 is 0.395 bits per heavy atom. The minimum absolute atomic E-state index is 0.213. The second-order valence-electron chi connectivity index (χ2n) is 10.3. The predicted molar refractivity (Wildman–Crippen MR) is 172 cm³/mol. The molecule has 0 atom stereocenters. The molecule has 0 heterocycles. The molecular weight excluding hydrogens is 552 g/mol. The maximum Gasteiger partial charge on any atom is 0.206 e. The van der Waals surface area contributed by atoms with Gasteiger partial charge < -0.3 is 9.47 Å². The van der Waals surface area contributed by atoms with Crippen molar-refractivity contribution in [2.24, 2.45) is 0 Å². The van der Waals surface area contributed by atoms with Crippen LogP contribution in [0, 0.1) is 6.92 Å². The van der Waals surface area contributed by atoms with Gasteiger partial charge in [-0.25, -0.2) is 8.42 Å². The van der Waals surface area contributed by atoms with Crippen LogP contribution < -0.4 is 9.47 Å². The Bertz CT molecular complexity index is 1930. The summed E-state index contributed by atoms with van der Waals surface area (Å²) in [5.41, 5.74) is 7.65. The van der Waals surface area contributed by atoms with Gasteiger partial charge in [-0.2, -0.15) is 0 Å². The van der Waals surface area contributed by atoms with Crippen molar-refractivity contribution in [3.8, 4) is 50.6 Å². The van der Waals surface area contributed by atoms with Gasteiger partial charge in [0.1, 0.15) is 17.2 Å². The monoisotopic (exact) mass is 582 g/mol. The fraction of sp³-hybridized carbons (Fsp3) is 0.0526. The highest BCUT2D eigenvalue weighted by molar-refractivity contribution is 7.91. The first-order valence-corrected chi connectivity index (χ1v) is 15.4. The second kappa shape index (κ2) is 12.0. The normalized spacial score (nSPS) is 11.2. The third-order valence-electron chi connectivity index (χ3n) is 7.42. The van der Waals surface area contributed by atoms with E-state index in [1.807, 2.05) is 60.7 Å². The summed E-state index contributed by atoms with van der Waals surface area (Å²) in [6.07, 6.45) is 0. The first-order chi connectivity index (χ1) is 20.9. The number of hydrogen-bond donors (Lipinski definition) is 0. The molecule has 0 saturated heterocycles. The van der Waals surface area contributed by atoms with Crippen LogP contribution in [0.2, 0.25) is 0 Å². The molecule has 0 spiro atoms. The Hall–Kier alpha value is -5.13. The maximum atomic E-state index is 13.3. The van der Waals surface area contributed by atoms with Crippen LogP contribution in [0.1, 0.15) is 5.56 Å². The summed E-state index contributed by atoms with van der Waals surface area (Å²) in [5, 5.41) is 0. The van der Waals surface area contributed by atoms with Crippen LogP contribution in [0.25, 0.3) is 33.4 Å². The number of rotatable bonds is 8. The van der Waals surface area contributed by atoms with E-state index >= 15 is 0 Å². The molecule has 0 aliphatic heterocycles. The molecule has 43 heavy (non-hydrogen) atoms. The molecule has 6 aromatic rings. The molecule has 0 N–H and O–H groups in total. The highest BCUT2D eigenvalue weighted by atomic mass is 32.2. The molecule has 0 aliphatic carbocycles. The van der Waals surface area contributed by atoms with Gasteiger partial charge in [0.15, 0.2) is 0 Å². The van der Waals surface area contributed by atoms with E-state index in [9.17, 15) is 8.42 Å². The number of sulfone groups is 1. The summed E-state index contributed by atoms with van der Waals surface area (Å²) in [7, 11) is -2.03. The SMILES string of the molecule is COc1ccc(-c2ccc(Oc3ccc(S(=O)(=O)c4ccc(-c5ccc(-c6ccc(C)cc6)cc5)cc4)cc3)cc2)cc1. The highest BCUT2D eigenvalue weighted by Crippen LogP contribution is 2.30. The van der Waals surface area contributed by atoms with Crippen LogP contribution in [-0.2, 0) is 9.84 Å². The molecule has 0 aromatic heterocycles. The maximum absolute atomic E-state index is 13.3. The van der Waals surface area contributed by atoms with Gasteiger partial charge in [0, 0.05) is 0 Å². The highest BCUT2D eigenvalue weighted by Gasteiger charge is 2.18. The number of methoxy groups -OCH3 is 1. The first-order valence-electron chi connectivity index (χ1n) is 13.9. The molecule has 4 nitrogen and oxygen atoms in total. The summed E-state index contributed by atoms with van der Waals surface area (Å²) in [4.78, 5) is 0.459. The number of hydrogen-bond acceptors (Lipinski definition) is 4. The van der Waals surface area contributed by atoms with Crippen molar-refractivity contribution in [2.45, 2.75) is 16.7 Å². The van der Waals surface area contributed by atoms with E-state index in [1.165, 1.54) is 5.56 Å². The van der Waals surface area contributed by atoms with Crippen molar-refractivity contribution in [1.29, 1.82) is 0 Å². The van der Waals surface area contributed by atoms with Crippen molar-refractivity contribution in [3.05, 3.63) is 151 Å². The lowest BCUT2D eigenvalue weighted by Gasteiger charge is -2.10. The smallest absolute Gasteiger partial charge is 0.206 e. The average Bonchev–Trinajstić information content (AvgIpc) is 3.06. The molecule has 6 aromatic carbocycles. The van der Waals surface area contributed by atoms with Crippen LogP contribution in [0.4, 0.5) is 0 Å². The quantitative estimate of drug-likeness (QED) is 0.179. The van der Waals surface area contributed by atoms with Gasteiger partial charge in [0.2, 0.25) is 9.84 Å².